The highest BCUT2D eigenvalue weighted by Gasteiger charge is 2.35. The predicted molar refractivity (Wildman–Crippen MR) is 71.6 cm³/mol. The van der Waals surface area contributed by atoms with E-state index in [2.05, 4.69) is 18.9 Å². The van der Waals surface area contributed by atoms with Crippen LogP contribution in [0.1, 0.15) is 64.7 Å². The molecule has 1 fully saturated rings. The Morgan fingerprint density at radius 2 is 1.69 bits per heavy atom. The van der Waals surface area contributed by atoms with Crippen LogP contribution in [0.5, 0.6) is 0 Å². The molecule has 0 aromatic heterocycles. The Balaban J connectivity index is 2.19. The Morgan fingerprint density at radius 1 is 1.06 bits per heavy atom. The molecule has 0 heterocycles. The third kappa shape index (κ3) is 3.74. The van der Waals surface area contributed by atoms with Gasteiger partial charge >= 0.3 is 0 Å². The lowest BCUT2D eigenvalue weighted by Gasteiger charge is -2.38. The van der Waals surface area contributed by atoms with Crippen molar-refractivity contribution in [3.8, 4) is 0 Å². The van der Waals surface area contributed by atoms with E-state index in [4.69, 9.17) is 5.73 Å². The van der Waals surface area contributed by atoms with Gasteiger partial charge < -0.3 is 5.73 Å². The van der Waals surface area contributed by atoms with Crippen LogP contribution in [0.4, 0.5) is 0 Å². The average molecular weight is 226 g/mol. The maximum absolute atomic E-state index is 5.98. The third-order valence-corrected chi connectivity index (χ3v) is 4.32. The molecule has 0 spiro atoms. The van der Waals surface area contributed by atoms with Crippen molar-refractivity contribution in [2.75, 3.05) is 20.1 Å². The lowest BCUT2D eigenvalue weighted by molar-refractivity contribution is 0.129. The SMILES string of the molecule is CCCCCCCN(C)C1(CN)CCCC1. The smallest absolute Gasteiger partial charge is 0.0328 e. The van der Waals surface area contributed by atoms with Gasteiger partial charge in [-0.3, -0.25) is 4.90 Å². The first-order valence-electron chi connectivity index (χ1n) is 7.16. The van der Waals surface area contributed by atoms with Crippen molar-refractivity contribution in [1.82, 2.24) is 4.90 Å². The standard InChI is InChI=1S/C14H30N2/c1-3-4-5-6-9-12-16(2)14(13-15)10-7-8-11-14/h3-13,15H2,1-2H3. The largest absolute Gasteiger partial charge is 0.329 e. The van der Waals surface area contributed by atoms with E-state index >= 15 is 0 Å². The summed E-state index contributed by atoms with van der Waals surface area (Å²) in [5.41, 5.74) is 6.33. The highest BCUT2D eigenvalue weighted by Crippen LogP contribution is 2.33. The van der Waals surface area contributed by atoms with Gasteiger partial charge in [0.2, 0.25) is 0 Å². The van der Waals surface area contributed by atoms with Gasteiger partial charge in [0.1, 0.15) is 0 Å². The third-order valence-electron chi connectivity index (χ3n) is 4.32. The van der Waals surface area contributed by atoms with E-state index in [0.717, 1.165) is 6.54 Å². The Bertz CT molecular complexity index is 174. The number of hydrogen-bond donors (Lipinski definition) is 1. The number of likely N-dealkylation sites (N-methyl/N-ethyl adjacent to an activating group) is 1. The van der Waals surface area contributed by atoms with Crippen LogP contribution < -0.4 is 5.73 Å². The molecule has 1 rings (SSSR count). The first-order valence-corrected chi connectivity index (χ1v) is 7.16. The molecule has 1 aliphatic rings. The molecule has 0 aromatic rings. The van der Waals surface area contributed by atoms with Crippen molar-refractivity contribution in [1.29, 1.82) is 0 Å². The van der Waals surface area contributed by atoms with Gasteiger partial charge in [0.25, 0.3) is 0 Å². The molecule has 2 nitrogen and oxygen atoms in total. The zero-order chi connectivity index (χ0) is 11.9. The van der Waals surface area contributed by atoms with Crippen LogP contribution >= 0.6 is 0 Å². The summed E-state index contributed by atoms with van der Waals surface area (Å²) in [7, 11) is 2.28. The zero-order valence-corrected chi connectivity index (χ0v) is 11.3. The fourth-order valence-electron chi connectivity index (χ4n) is 2.96. The summed E-state index contributed by atoms with van der Waals surface area (Å²) >= 11 is 0. The number of nitrogens with zero attached hydrogens (tertiary/aromatic N) is 1. The minimum Gasteiger partial charge on any atom is -0.329 e. The monoisotopic (exact) mass is 226 g/mol. The predicted octanol–water partition coefficient (Wildman–Crippen LogP) is 3.16. The van der Waals surface area contributed by atoms with Crippen LogP contribution in [0, 0.1) is 0 Å². The van der Waals surface area contributed by atoms with E-state index in [9.17, 15) is 0 Å². The molecule has 0 radical (unpaired) electrons. The minimum absolute atomic E-state index is 0.352. The molecule has 2 heteroatoms. The topological polar surface area (TPSA) is 29.3 Å². The summed E-state index contributed by atoms with van der Waals surface area (Å²) in [6.07, 6.45) is 12.2. The molecule has 16 heavy (non-hydrogen) atoms. The van der Waals surface area contributed by atoms with E-state index in [1.807, 2.05) is 0 Å². The first kappa shape index (κ1) is 14.0. The van der Waals surface area contributed by atoms with Crippen LogP contribution in [0.2, 0.25) is 0 Å². The second-order valence-corrected chi connectivity index (χ2v) is 5.47. The first-order chi connectivity index (χ1) is 7.75. The molecule has 0 aromatic carbocycles. The summed E-state index contributed by atoms with van der Waals surface area (Å²) in [5, 5.41) is 0. The molecule has 1 saturated carbocycles. The van der Waals surface area contributed by atoms with Crippen molar-refractivity contribution in [2.45, 2.75) is 70.3 Å². The van der Waals surface area contributed by atoms with Crippen LogP contribution in [0.3, 0.4) is 0 Å². The Hall–Kier alpha value is -0.0800. The molecular weight excluding hydrogens is 196 g/mol. The van der Waals surface area contributed by atoms with Gasteiger partial charge in [-0.1, -0.05) is 45.4 Å². The number of hydrogen-bond acceptors (Lipinski definition) is 2. The van der Waals surface area contributed by atoms with E-state index < -0.39 is 0 Å². The van der Waals surface area contributed by atoms with Gasteiger partial charge in [-0.05, 0) is 32.9 Å². The molecule has 0 amide bonds. The Labute approximate surface area is 102 Å². The molecule has 0 atom stereocenters. The summed E-state index contributed by atoms with van der Waals surface area (Å²) in [6, 6.07) is 0. The molecule has 0 bridgehead atoms. The second-order valence-electron chi connectivity index (χ2n) is 5.47. The maximum atomic E-state index is 5.98. The van der Waals surface area contributed by atoms with Gasteiger partial charge in [-0.15, -0.1) is 0 Å². The number of nitrogens with two attached hydrogens (primary N) is 1. The van der Waals surface area contributed by atoms with Crippen molar-refractivity contribution >= 4 is 0 Å². The van der Waals surface area contributed by atoms with E-state index in [0.29, 0.717) is 5.54 Å². The van der Waals surface area contributed by atoms with Gasteiger partial charge in [-0.25, -0.2) is 0 Å². The maximum Gasteiger partial charge on any atom is 0.0328 e. The van der Waals surface area contributed by atoms with Gasteiger partial charge in [0, 0.05) is 12.1 Å². The van der Waals surface area contributed by atoms with Gasteiger partial charge in [0.05, 0.1) is 0 Å². The van der Waals surface area contributed by atoms with Gasteiger partial charge in [0.15, 0.2) is 0 Å². The van der Waals surface area contributed by atoms with E-state index in [1.165, 1.54) is 64.3 Å². The number of rotatable bonds is 8. The second kappa shape index (κ2) is 7.29. The summed E-state index contributed by atoms with van der Waals surface area (Å²) in [4.78, 5) is 2.55. The normalized spacial score (nSPS) is 19.5. The quantitative estimate of drug-likeness (QED) is 0.644. The van der Waals surface area contributed by atoms with Gasteiger partial charge in [-0.2, -0.15) is 0 Å². The fraction of sp³-hybridized carbons (Fsp3) is 1.00. The van der Waals surface area contributed by atoms with Crippen molar-refractivity contribution in [2.24, 2.45) is 5.73 Å². The molecule has 0 aliphatic heterocycles. The molecular formula is C14H30N2. The zero-order valence-electron chi connectivity index (χ0n) is 11.3. The lowest BCUT2D eigenvalue weighted by atomic mass is 9.95. The highest BCUT2D eigenvalue weighted by molar-refractivity contribution is 4.94. The van der Waals surface area contributed by atoms with Crippen LogP contribution in [0.25, 0.3) is 0 Å². The Morgan fingerprint density at radius 3 is 2.25 bits per heavy atom. The van der Waals surface area contributed by atoms with Crippen molar-refractivity contribution in [3.63, 3.8) is 0 Å². The molecule has 96 valence electrons. The van der Waals surface area contributed by atoms with Crippen LogP contribution in [0.15, 0.2) is 0 Å². The van der Waals surface area contributed by atoms with Crippen LogP contribution in [-0.4, -0.2) is 30.6 Å². The van der Waals surface area contributed by atoms with E-state index in [1.54, 1.807) is 0 Å². The number of unbranched alkanes of at least 4 members (excludes halogenated alkanes) is 4. The fourth-order valence-corrected chi connectivity index (χ4v) is 2.96. The lowest BCUT2D eigenvalue weighted by Crippen LogP contribution is -2.50. The Kier molecular flexibility index (Phi) is 6.37. The van der Waals surface area contributed by atoms with Crippen molar-refractivity contribution in [3.05, 3.63) is 0 Å². The summed E-state index contributed by atoms with van der Waals surface area (Å²) in [5.74, 6) is 0. The molecule has 2 N–H and O–H groups in total. The molecule has 0 unspecified atom stereocenters. The summed E-state index contributed by atoms with van der Waals surface area (Å²) < 4.78 is 0. The average Bonchev–Trinajstić information content (AvgIpc) is 2.78. The molecule has 1 aliphatic carbocycles. The molecule has 0 saturated heterocycles. The van der Waals surface area contributed by atoms with E-state index in [-0.39, 0.29) is 0 Å². The summed E-state index contributed by atoms with van der Waals surface area (Å²) in [6.45, 7) is 4.35. The minimum atomic E-state index is 0.352. The highest BCUT2D eigenvalue weighted by atomic mass is 15.2. The van der Waals surface area contributed by atoms with Crippen molar-refractivity contribution < 1.29 is 0 Å². The van der Waals surface area contributed by atoms with Crippen LogP contribution in [-0.2, 0) is 0 Å².